The van der Waals surface area contributed by atoms with Crippen LogP contribution in [0.1, 0.15) is 26.5 Å². The van der Waals surface area contributed by atoms with Gasteiger partial charge >= 0.3 is 6.09 Å². The van der Waals surface area contributed by atoms with E-state index in [4.69, 9.17) is 10.5 Å². The van der Waals surface area contributed by atoms with Crippen molar-refractivity contribution in [3.8, 4) is 0 Å². The fraction of sp³-hybridized carbons (Fsp3) is 0.474. The van der Waals surface area contributed by atoms with Crippen molar-refractivity contribution in [1.82, 2.24) is 15.2 Å². The van der Waals surface area contributed by atoms with E-state index in [1.165, 1.54) is 24.5 Å². The Morgan fingerprint density at radius 2 is 2.18 bits per heavy atom. The van der Waals surface area contributed by atoms with E-state index in [0.717, 1.165) is 6.20 Å². The molecule has 2 amide bonds. The summed E-state index contributed by atoms with van der Waals surface area (Å²) in [4.78, 5) is 33.7. The first-order chi connectivity index (χ1) is 13.2. The Bertz CT molecular complexity index is 767. The van der Waals surface area contributed by atoms with Crippen LogP contribution in [0.2, 0.25) is 0 Å². The van der Waals surface area contributed by atoms with Gasteiger partial charge in [0.2, 0.25) is 0 Å². The van der Waals surface area contributed by atoms with Crippen LogP contribution >= 0.6 is 0 Å². The van der Waals surface area contributed by atoms with Gasteiger partial charge in [-0.3, -0.25) is 14.8 Å². The van der Waals surface area contributed by atoms with Crippen molar-refractivity contribution in [3.05, 3.63) is 41.6 Å². The third-order valence-corrected chi connectivity index (χ3v) is 3.90. The van der Waals surface area contributed by atoms with E-state index in [1.807, 2.05) is 20.8 Å². The normalized spacial score (nSPS) is 15.4. The second kappa shape index (κ2) is 9.29. The minimum Gasteiger partial charge on any atom is -0.444 e. The first-order valence-corrected chi connectivity index (χ1v) is 8.97. The van der Waals surface area contributed by atoms with E-state index < -0.39 is 17.3 Å². The predicted octanol–water partition coefficient (Wildman–Crippen LogP) is 1.62. The van der Waals surface area contributed by atoms with Crippen molar-refractivity contribution in [2.75, 3.05) is 19.6 Å². The van der Waals surface area contributed by atoms with Crippen LogP contribution in [0.3, 0.4) is 0 Å². The lowest BCUT2D eigenvalue weighted by Crippen LogP contribution is -2.52. The molecule has 2 rings (SSSR count). The van der Waals surface area contributed by atoms with E-state index in [2.05, 4.69) is 15.3 Å². The van der Waals surface area contributed by atoms with Crippen LogP contribution in [0.5, 0.6) is 0 Å². The maximum atomic E-state index is 13.5. The molecule has 0 saturated carbocycles. The molecule has 1 aromatic heterocycles. The minimum atomic E-state index is -0.521. The molecule has 8 nitrogen and oxygen atoms in total. The van der Waals surface area contributed by atoms with Gasteiger partial charge in [0, 0.05) is 44.2 Å². The Labute approximate surface area is 163 Å². The second-order valence-corrected chi connectivity index (χ2v) is 7.48. The second-order valence-electron chi connectivity index (χ2n) is 7.48. The summed E-state index contributed by atoms with van der Waals surface area (Å²) in [6.07, 6.45) is 3.63. The fourth-order valence-electron chi connectivity index (χ4n) is 2.45. The van der Waals surface area contributed by atoms with E-state index >= 15 is 0 Å². The van der Waals surface area contributed by atoms with Crippen LogP contribution in [0.25, 0.3) is 0 Å². The molecule has 1 aliphatic rings. The molecule has 1 saturated heterocycles. The zero-order valence-electron chi connectivity index (χ0n) is 16.3. The Morgan fingerprint density at radius 3 is 2.79 bits per heavy atom. The van der Waals surface area contributed by atoms with Crippen LogP contribution in [-0.4, -0.2) is 53.3 Å². The van der Waals surface area contributed by atoms with Gasteiger partial charge in [-0.05, 0) is 32.9 Å². The van der Waals surface area contributed by atoms with Gasteiger partial charge in [0.1, 0.15) is 11.4 Å². The lowest BCUT2D eigenvalue weighted by Gasteiger charge is -2.39. The number of nitrogens with zero attached hydrogens (tertiary/aromatic N) is 3. The highest BCUT2D eigenvalue weighted by Gasteiger charge is 2.33. The summed E-state index contributed by atoms with van der Waals surface area (Å²) in [5, 5.41) is 2.55. The number of halogens is 1. The molecule has 1 aromatic rings. The van der Waals surface area contributed by atoms with Gasteiger partial charge in [0.15, 0.2) is 0 Å². The summed E-state index contributed by atoms with van der Waals surface area (Å²) in [5.41, 5.74) is 5.27. The number of hydrogen-bond acceptors (Lipinski definition) is 6. The molecule has 3 N–H and O–H groups in total. The lowest BCUT2D eigenvalue weighted by atomic mass is 10.0. The summed E-state index contributed by atoms with van der Waals surface area (Å²) in [6, 6.07) is 2.75. The van der Waals surface area contributed by atoms with Crippen LogP contribution in [-0.2, 0) is 16.1 Å². The maximum absolute atomic E-state index is 13.5. The lowest BCUT2D eigenvalue weighted by molar-refractivity contribution is -0.117. The molecule has 0 atom stereocenters. The smallest absolute Gasteiger partial charge is 0.410 e. The van der Waals surface area contributed by atoms with Crippen molar-refractivity contribution in [2.24, 2.45) is 16.6 Å². The van der Waals surface area contributed by atoms with Gasteiger partial charge in [0.05, 0.1) is 17.8 Å². The number of nitrogens with two attached hydrogens (primary N) is 1. The van der Waals surface area contributed by atoms with E-state index in [0.29, 0.717) is 19.6 Å². The van der Waals surface area contributed by atoms with Crippen molar-refractivity contribution >= 4 is 18.2 Å². The van der Waals surface area contributed by atoms with Crippen molar-refractivity contribution < 1.29 is 18.7 Å². The third kappa shape index (κ3) is 6.33. The Balaban J connectivity index is 1.74. The summed E-state index contributed by atoms with van der Waals surface area (Å²) < 4.78 is 18.8. The first kappa shape index (κ1) is 21.3. The SMILES string of the molecule is CC(C)(C)OC(=O)N1CC(CN=CC(=CN)C(=O)NCc2ncccc2F)C1. The maximum Gasteiger partial charge on any atom is 0.410 e. The van der Waals surface area contributed by atoms with Crippen LogP contribution in [0.4, 0.5) is 9.18 Å². The van der Waals surface area contributed by atoms with Crippen molar-refractivity contribution in [1.29, 1.82) is 0 Å². The number of carbonyl (C=O) groups excluding carboxylic acids is 2. The van der Waals surface area contributed by atoms with Gasteiger partial charge < -0.3 is 20.7 Å². The summed E-state index contributed by atoms with van der Waals surface area (Å²) in [7, 11) is 0. The van der Waals surface area contributed by atoms with Crippen LogP contribution in [0.15, 0.2) is 35.1 Å². The Kier molecular flexibility index (Phi) is 7.08. The number of pyridine rings is 1. The number of aromatic nitrogens is 1. The van der Waals surface area contributed by atoms with Gasteiger partial charge in [0.25, 0.3) is 5.91 Å². The van der Waals surface area contributed by atoms with Gasteiger partial charge in [-0.2, -0.15) is 0 Å². The highest BCUT2D eigenvalue weighted by Crippen LogP contribution is 2.19. The number of rotatable bonds is 6. The van der Waals surface area contributed by atoms with E-state index in [1.54, 1.807) is 4.90 Å². The summed E-state index contributed by atoms with van der Waals surface area (Å²) >= 11 is 0. The van der Waals surface area contributed by atoms with E-state index in [-0.39, 0.29) is 29.8 Å². The third-order valence-electron chi connectivity index (χ3n) is 3.90. The average Bonchev–Trinajstić information content (AvgIpc) is 2.57. The zero-order valence-corrected chi connectivity index (χ0v) is 16.3. The zero-order chi connectivity index (χ0) is 20.7. The topological polar surface area (TPSA) is 110 Å². The largest absolute Gasteiger partial charge is 0.444 e. The number of carbonyl (C=O) groups is 2. The fourth-order valence-corrected chi connectivity index (χ4v) is 2.45. The van der Waals surface area contributed by atoms with Gasteiger partial charge in [-0.15, -0.1) is 0 Å². The van der Waals surface area contributed by atoms with Crippen molar-refractivity contribution in [2.45, 2.75) is 32.9 Å². The molecule has 2 heterocycles. The number of ether oxygens (including phenoxy) is 1. The summed E-state index contributed by atoms with van der Waals surface area (Å²) in [6.45, 7) is 6.97. The molecule has 9 heteroatoms. The predicted molar refractivity (Wildman–Crippen MR) is 103 cm³/mol. The molecule has 0 radical (unpaired) electrons. The first-order valence-electron chi connectivity index (χ1n) is 8.97. The molecular formula is C19H26FN5O3. The summed E-state index contributed by atoms with van der Waals surface area (Å²) in [5.74, 6) is -0.761. The average molecular weight is 391 g/mol. The standard InChI is InChI=1S/C19H26FN5O3/c1-19(2,3)28-18(27)25-11-13(12-25)8-22-9-14(7-21)17(26)24-10-16-15(20)5-4-6-23-16/h4-7,9,13H,8,10-12,21H2,1-3H3,(H,24,26). The molecule has 0 aromatic carbocycles. The number of aliphatic imine (C=N–C) groups is 1. The van der Waals surface area contributed by atoms with Crippen molar-refractivity contribution in [3.63, 3.8) is 0 Å². The molecule has 1 aliphatic heterocycles. The van der Waals surface area contributed by atoms with Gasteiger partial charge in [-0.1, -0.05) is 0 Å². The molecule has 0 bridgehead atoms. The van der Waals surface area contributed by atoms with Gasteiger partial charge in [-0.25, -0.2) is 9.18 Å². The molecule has 0 unspecified atom stereocenters. The highest BCUT2D eigenvalue weighted by atomic mass is 19.1. The monoisotopic (exact) mass is 391 g/mol. The molecule has 0 spiro atoms. The number of amides is 2. The molecule has 152 valence electrons. The Morgan fingerprint density at radius 1 is 1.46 bits per heavy atom. The quantitative estimate of drug-likeness (QED) is 0.566. The minimum absolute atomic E-state index is 0.0514. The number of nitrogens with one attached hydrogen (secondary N) is 1. The van der Waals surface area contributed by atoms with Crippen LogP contribution < -0.4 is 11.1 Å². The molecule has 1 fully saturated rings. The molecule has 0 aliphatic carbocycles. The highest BCUT2D eigenvalue weighted by molar-refractivity contribution is 6.11. The Hall–Kier alpha value is -2.97. The van der Waals surface area contributed by atoms with Crippen LogP contribution in [0, 0.1) is 11.7 Å². The number of likely N-dealkylation sites (tertiary alicyclic amines) is 1. The molecule has 28 heavy (non-hydrogen) atoms. The molecular weight excluding hydrogens is 365 g/mol. The van der Waals surface area contributed by atoms with E-state index in [9.17, 15) is 14.0 Å². The number of hydrogen-bond donors (Lipinski definition) is 2.